The summed E-state index contributed by atoms with van der Waals surface area (Å²) in [7, 11) is 3.96. The number of benzene rings is 3. The standard InChI is InChI=1S/C25H24F3N3O4/c1-30(2)15-17-7-9-18(10-8-17)21-6-4-3-5-19(21)14-29-24(32)22-13-20(35-16-25(26,27)28)11-12-23(22)31(33)34/h3-13H,14-16H2,1-2H3,(H,29,32). The molecule has 35 heavy (non-hydrogen) atoms. The third-order valence-corrected chi connectivity index (χ3v) is 5.03. The number of alkyl halides is 3. The van der Waals surface area contributed by atoms with E-state index in [0.717, 1.165) is 47.0 Å². The minimum absolute atomic E-state index is 0.0548. The molecule has 1 N–H and O–H groups in total. The average molecular weight is 487 g/mol. The van der Waals surface area contributed by atoms with E-state index in [1.54, 1.807) is 6.07 Å². The molecule has 0 aliphatic heterocycles. The van der Waals surface area contributed by atoms with Crippen LogP contribution in [-0.2, 0) is 13.1 Å². The van der Waals surface area contributed by atoms with Crippen LogP contribution in [0.2, 0.25) is 0 Å². The highest BCUT2D eigenvalue weighted by molar-refractivity contribution is 5.98. The van der Waals surface area contributed by atoms with Crippen molar-refractivity contribution in [2.75, 3.05) is 20.7 Å². The Morgan fingerprint density at radius 3 is 2.37 bits per heavy atom. The molecule has 0 spiro atoms. The van der Waals surface area contributed by atoms with Crippen molar-refractivity contribution in [3.63, 3.8) is 0 Å². The molecule has 0 fully saturated rings. The highest BCUT2D eigenvalue weighted by atomic mass is 19.4. The van der Waals surface area contributed by atoms with Crippen molar-refractivity contribution in [1.82, 2.24) is 10.2 Å². The maximum Gasteiger partial charge on any atom is 0.422 e. The van der Waals surface area contributed by atoms with Crippen molar-refractivity contribution >= 4 is 11.6 Å². The van der Waals surface area contributed by atoms with E-state index in [1.807, 2.05) is 56.6 Å². The smallest absolute Gasteiger partial charge is 0.422 e. The largest absolute Gasteiger partial charge is 0.484 e. The lowest BCUT2D eigenvalue weighted by molar-refractivity contribution is -0.385. The highest BCUT2D eigenvalue weighted by Crippen LogP contribution is 2.27. The van der Waals surface area contributed by atoms with Gasteiger partial charge in [0.05, 0.1) is 4.92 Å². The fourth-order valence-electron chi connectivity index (χ4n) is 3.49. The number of amides is 1. The third-order valence-electron chi connectivity index (χ3n) is 5.03. The number of carbonyl (C=O) groups is 1. The molecule has 0 aromatic heterocycles. The first-order valence-corrected chi connectivity index (χ1v) is 10.6. The Bertz CT molecular complexity index is 1200. The molecule has 3 aromatic rings. The van der Waals surface area contributed by atoms with E-state index in [2.05, 4.69) is 15.0 Å². The molecule has 184 valence electrons. The Morgan fingerprint density at radius 2 is 1.74 bits per heavy atom. The lowest BCUT2D eigenvalue weighted by atomic mass is 9.98. The van der Waals surface area contributed by atoms with Crippen LogP contribution in [0.1, 0.15) is 21.5 Å². The number of ether oxygens (including phenoxy) is 1. The SMILES string of the molecule is CN(C)Cc1ccc(-c2ccccc2CNC(=O)c2cc(OCC(F)(F)F)ccc2[N+](=O)[O-])cc1. The van der Waals surface area contributed by atoms with Gasteiger partial charge in [-0.3, -0.25) is 14.9 Å². The first-order chi connectivity index (χ1) is 16.5. The van der Waals surface area contributed by atoms with Crippen LogP contribution in [0, 0.1) is 10.1 Å². The van der Waals surface area contributed by atoms with E-state index >= 15 is 0 Å². The van der Waals surface area contributed by atoms with E-state index < -0.39 is 29.3 Å². The summed E-state index contributed by atoms with van der Waals surface area (Å²) in [6.45, 7) is -0.728. The molecule has 0 saturated carbocycles. The number of rotatable bonds is 9. The normalized spacial score (nSPS) is 11.4. The molecule has 3 aromatic carbocycles. The van der Waals surface area contributed by atoms with Crippen LogP contribution in [0.15, 0.2) is 66.7 Å². The van der Waals surface area contributed by atoms with Crippen LogP contribution in [0.3, 0.4) is 0 Å². The molecular weight excluding hydrogens is 463 g/mol. The Kier molecular flexibility index (Phi) is 8.08. The Hall–Kier alpha value is -3.92. The Labute approximate surface area is 200 Å². The lowest BCUT2D eigenvalue weighted by Crippen LogP contribution is -2.24. The lowest BCUT2D eigenvalue weighted by Gasteiger charge is -2.14. The summed E-state index contributed by atoms with van der Waals surface area (Å²) < 4.78 is 42.0. The van der Waals surface area contributed by atoms with Crippen molar-refractivity contribution in [3.05, 3.63) is 93.5 Å². The van der Waals surface area contributed by atoms with E-state index in [0.29, 0.717) is 0 Å². The topological polar surface area (TPSA) is 84.7 Å². The summed E-state index contributed by atoms with van der Waals surface area (Å²) >= 11 is 0. The number of carbonyl (C=O) groups excluding carboxylic acids is 1. The monoisotopic (exact) mass is 487 g/mol. The maximum atomic E-state index is 12.8. The van der Waals surface area contributed by atoms with Gasteiger partial charge in [-0.1, -0.05) is 48.5 Å². The zero-order chi connectivity index (χ0) is 25.6. The number of nitrogens with zero attached hydrogens (tertiary/aromatic N) is 2. The van der Waals surface area contributed by atoms with Crippen LogP contribution >= 0.6 is 0 Å². The number of hydrogen-bond donors (Lipinski definition) is 1. The predicted octanol–water partition coefficient (Wildman–Crippen LogP) is 5.19. The summed E-state index contributed by atoms with van der Waals surface area (Å²) in [4.78, 5) is 25.4. The highest BCUT2D eigenvalue weighted by Gasteiger charge is 2.29. The van der Waals surface area contributed by atoms with Gasteiger partial charge in [-0.05, 0) is 48.5 Å². The van der Waals surface area contributed by atoms with E-state index in [1.165, 1.54) is 0 Å². The summed E-state index contributed by atoms with van der Waals surface area (Å²) in [6, 6.07) is 18.3. The van der Waals surface area contributed by atoms with E-state index in [9.17, 15) is 28.1 Å². The van der Waals surface area contributed by atoms with Crippen LogP contribution in [0.5, 0.6) is 5.75 Å². The number of nitro benzene ring substituents is 1. The quantitative estimate of drug-likeness (QED) is 0.332. The average Bonchev–Trinajstić information content (AvgIpc) is 2.81. The van der Waals surface area contributed by atoms with Gasteiger partial charge in [0.25, 0.3) is 11.6 Å². The van der Waals surface area contributed by atoms with Crippen molar-refractivity contribution in [2.24, 2.45) is 0 Å². The van der Waals surface area contributed by atoms with Crippen molar-refractivity contribution in [3.8, 4) is 16.9 Å². The minimum Gasteiger partial charge on any atom is -0.484 e. The molecule has 10 heteroatoms. The molecule has 7 nitrogen and oxygen atoms in total. The summed E-state index contributed by atoms with van der Waals surface area (Å²) in [5.41, 5.74) is 2.80. The minimum atomic E-state index is -4.58. The second-order valence-corrected chi connectivity index (χ2v) is 8.11. The van der Waals surface area contributed by atoms with Gasteiger partial charge in [0.15, 0.2) is 6.61 Å². The molecule has 0 bridgehead atoms. The molecule has 0 radical (unpaired) electrons. The van der Waals surface area contributed by atoms with Gasteiger partial charge in [-0.25, -0.2) is 0 Å². The molecule has 0 unspecified atom stereocenters. The van der Waals surface area contributed by atoms with Crippen LogP contribution < -0.4 is 10.1 Å². The van der Waals surface area contributed by atoms with E-state index in [-0.39, 0.29) is 17.9 Å². The van der Waals surface area contributed by atoms with Gasteiger partial charge < -0.3 is 15.0 Å². The second kappa shape index (κ2) is 11.0. The molecule has 1 amide bonds. The molecule has 0 atom stereocenters. The zero-order valence-electron chi connectivity index (χ0n) is 19.1. The van der Waals surface area contributed by atoms with Crippen molar-refractivity contribution in [1.29, 1.82) is 0 Å². The number of hydrogen-bond acceptors (Lipinski definition) is 5. The molecule has 0 aliphatic rings. The summed E-state index contributed by atoms with van der Waals surface area (Å²) in [6.07, 6.45) is -4.58. The molecule has 0 aliphatic carbocycles. The van der Waals surface area contributed by atoms with Crippen LogP contribution in [-0.4, -0.2) is 42.6 Å². The molecule has 0 saturated heterocycles. The van der Waals surface area contributed by atoms with Gasteiger partial charge in [0.1, 0.15) is 11.3 Å². The fraction of sp³-hybridized carbons (Fsp3) is 0.240. The van der Waals surface area contributed by atoms with Crippen molar-refractivity contribution < 1.29 is 27.6 Å². The van der Waals surface area contributed by atoms with Crippen LogP contribution in [0.25, 0.3) is 11.1 Å². The molecule has 3 rings (SSSR count). The Morgan fingerprint density at radius 1 is 1.06 bits per heavy atom. The Balaban J connectivity index is 1.79. The fourth-order valence-corrected chi connectivity index (χ4v) is 3.49. The van der Waals surface area contributed by atoms with Gasteiger partial charge in [0, 0.05) is 19.2 Å². The molecule has 0 heterocycles. The second-order valence-electron chi connectivity index (χ2n) is 8.11. The maximum absolute atomic E-state index is 12.8. The summed E-state index contributed by atoms with van der Waals surface area (Å²) in [5, 5.41) is 14.0. The third kappa shape index (κ3) is 7.28. The first kappa shape index (κ1) is 25.7. The number of nitro groups is 1. The molecular formula is C25H24F3N3O4. The first-order valence-electron chi connectivity index (χ1n) is 10.6. The van der Waals surface area contributed by atoms with Crippen molar-refractivity contribution in [2.45, 2.75) is 19.3 Å². The van der Waals surface area contributed by atoms with Crippen LogP contribution in [0.4, 0.5) is 18.9 Å². The zero-order valence-corrected chi connectivity index (χ0v) is 19.1. The van der Waals surface area contributed by atoms with Gasteiger partial charge in [-0.2, -0.15) is 13.2 Å². The number of halogens is 3. The van der Waals surface area contributed by atoms with Gasteiger partial charge in [-0.15, -0.1) is 0 Å². The van der Waals surface area contributed by atoms with E-state index in [4.69, 9.17) is 0 Å². The summed E-state index contributed by atoms with van der Waals surface area (Å²) in [5.74, 6) is -1.10. The predicted molar refractivity (Wildman–Crippen MR) is 125 cm³/mol. The van der Waals surface area contributed by atoms with Gasteiger partial charge in [0.2, 0.25) is 0 Å². The number of nitrogens with one attached hydrogen (secondary N) is 1. The van der Waals surface area contributed by atoms with Gasteiger partial charge >= 0.3 is 6.18 Å².